The van der Waals surface area contributed by atoms with Crippen molar-refractivity contribution < 1.29 is 72.3 Å². The van der Waals surface area contributed by atoms with E-state index in [4.69, 9.17) is 69.7 Å². The predicted octanol–water partition coefficient (Wildman–Crippen LogP) is 10.2. The van der Waals surface area contributed by atoms with Crippen LogP contribution in [0.3, 0.4) is 0 Å². The molecule has 92 heavy (non-hydrogen) atoms. The normalized spacial score (nSPS) is 31.5. The molecule has 6 heterocycles. The molecule has 6 aliphatic rings. The monoisotopic (exact) mass is 1520 g/mol. The van der Waals surface area contributed by atoms with Crippen molar-refractivity contribution in [3.8, 4) is 5.75 Å². The number of esters is 2. The molecule has 0 radical (unpaired) electrons. The summed E-state index contributed by atoms with van der Waals surface area (Å²) < 4.78 is 62.1. The highest BCUT2D eigenvalue weighted by molar-refractivity contribution is 8.75. The quantitative estimate of drug-likeness (QED) is 0.0906. The van der Waals surface area contributed by atoms with Gasteiger partial charge < -0.3 is 62.7 Å². The van der Waals surface area contributed by atoms with E-state index in [2.05, 4.69) is 48.5 Å². The third-order valence-electron chi connectivity index (χ3n) is 18.0. The fourth-order valence-electron chi connectivity index (χ4n) is 13.1. The number of ether oxygens (including phenoxy) is 10. The lowest BCUT2D eigenvalue weighted by Gasteiger charge is -2.52. The van der Waals surface area contributed by atoms with Crippen LogP contribution in [-0.4, -0.2) is 119 Å². The zero-order chi connectivity index (χ0) is 66.2. The zero-order valence-corrected chi connectivity index (χ0v) is 64.2. The molecule has 6 saturated heterocycles. The fraction of sp³-hybridized carbons (Fsp3) is 0.688. The summed E-state index contributed by atoms with van der Waals surface area (Å²) in [4.78, 5) is 25.8. The molecular formula is C64H92O15S13. The first-order valence-electron chi connectivity index (χ1n) is 31.6. The van der Waals surface area contributed by atoms with Crippen LogP contribution in [0.4, 0.5) is 0 Å². The molecule has 15 nitrogen and oxygen atoms in total. The van der Waals surface area contributed by atoms with Crippen LogP contribution in [0.5, 0.6) is 5.75 Å². The largest absolute Gasteiger partial charge is 0.497 e. The lowest BCUT2D eigenvalue weighted by Crippen LogP contribution is -2.59. The van der Waals surface area contributed by atoms with Gasteiger partial charge >= 0.3 is 11.9 Å². The highest BCUT2D eigenvalue weighted by Gasteiger charge is 2.58. The molecule has 3 aromatic carbocycles. The highest BCUT2D eigenvalue weighted by Crippen LogP contribution is 2.51. The summed E-state index contributed by atoms with van der Waals surface area (Å²) in [6, 6.07) is 27.0. The molecule has 0 bridgehead atoms. The zero-order valence-electron chi connectivity index (χ0n) is 53.6. The second kappa shape index (κ2) is 40.2. The van der Waals surface area contributed by atoms with E-state index in [-0.39, 0.29) is 98.4 Å². The van der Waals surface area contributed by atoms with Crippen molar-refractivity contribution in [3.05, 3.63) is 102 Å². The lowest BCUT2D eigenvalue weighted by atomic mass is 9.79. The van der Waals surface area contributed by atoms with E-state index < -0.39 is 48.1 Å². The SMILES string of the molecule is CC[C@H](C)C[C@H](O)[C@@H]1C[C@@H]2O[C@]3(C[C@H](C)[C@H](O)[C@H](CC(=O)OCc4ccccc4)O3)C[C@H](C)[C@@H]2O1.CC[C@H](C)C[C@H](O)[C@@H]1C[C@@H]2O[C@]3(C[C@H](C)[C@H](OCc4ccc(OC)cc4)[C@H](CC(=O)OCc4ccccc4)O3)C[C@H](C)[C@@H]2O1.S=S=S=S=S=S=S=S=S=S=S=S=S. The van der Waals surface area contributed by atoms with Crippen molar-refractivity contribution in [2.75, 3.05) is 7.11 Å². The number of carbonyl (C=O) groups excluding carboxylic acids is 2. The molecule has 9 rings (SSSR count). The van der Waals surface area contributed by atoms with E-state index in [9.17, 15) is 24.9 Å². The van der Waals surface area contributed by atoms with Crippen LogP contribution >= 0.6 is 0 Å². The first kappa shape index (κ1) is 78.2. The maximum atomic E-state index is 13.2. The first-order chi connectivity index (χ1) is 44.3. The Hall–Kier alpha value is -1.14. The van der Waals surface area contributed by atoms with Gasteiger partial charge in [0.25, 0.3) is 0 Å². The number of fused-ring (bicyclic) bond motifs is 2. The molecule has 516 valence electrons. The molecule has 0 aromatic heterocycles. The van der Waals surface area contributed by atoms with Gasteiger partial charge in [-0.25, -0.2) is 0 Å². The lowest BCUT2D eigenvalue weighted by molar-refractivity contribution is -0.356. The van der Waals surface area contributed by atoms with Gasteiger partial charge in [0.15, 0.2) is 11.6 Å². The maximum absolute atomic E-state index is 13.2. The summed E-state index contributed by atoms with van der Waals surface area (Å²) in [5.74, 6) is -0.494. The minimum Gasteiger partial charge on any atom is -0.497 e. The Kier molecular flexibility index (Phi) is 34.2. The van der Waals surface area contributed by atoms with Crippen LogP contribution < -0.4 is 4.74 Å². The Morgan fingerprint density at radius 2 is 0.957 bits per heavy atom. The third kappa shape index (κ3) is 24.3. The average molecular weight is 1520 g/mol. The van der Waals surface area contributed by atoms with E-state index in [0.29, 0.717) is 69.8 Å². The van der Waals surface area contributed by atoms with Gasteiger partial charge in [0, 0.05) is 159 Å². The van der Waals surface area contributed by atoms with E-state index in [0.717, 1.165) is 35.3 Å². The number of aliphatic hydroxyl groups excluding tert-OH is 3. The van der Waals surface area contributed by atoms with Crippen molar-refractivity contribution in [2.45, 2.75) is 237 Å². The Labute approximate surface area is 585 Å². The Bertz CT molecular complexity index is 3260. The number of rotatable bonds is 20. The predicted molar refractivity (Wildman–Crippen MR) is 392 cm³/mol. The van der Waals surface area contributed by atoms with E-state index in [1.54, 1.807) is 87.0 Å². The second-order valence-electron chi connectivity index (χ2n) is 25.1. The number of carbonyl (C=O) groups is 2. The first-order valence-corrected chi connectivity index (χ1v) is 47.6. The molecule has 28 heteroatoms. The van der Waals surface area contributed by atoms with E-state index >= 15 is 0 Å². The van der Waals surface area contributed by atoms with Crippen LogP contribution in [0.25, 0.3) is 0 Å². The number of benzene rings is 3. The van der Waals surface area contributed by atoms with Gasteiger partial charge in [-0.1, -0.05) is 141 Å². The van der Waals surface area contributed by atoms with Crippen LogP contribution in [-0.2, 0) is 192 Å². The standard InChI is InChI=1S/C36H50O8.C28H42O7.S13/c1-6-23(2)16-29(37)30-17-31-35(42-30)25(4)20-36(43-31)19-24(3)34(41-22-27-12-14-28(39-5)15-13-27)32(44-36)18-33(38)40-21-26-10-8-7-9-11-26;1-5-17(2)11-21(29)22-12-24-27(33-22)19(4)15-28(35-24)14-18(3)26(31)23(34-28)13-25(30)32-16-20-9-7-6-8-10-20;1-3-5-7-9-11-13-12-10-8-6-4-2/h7-15,23-25,29-32,34-35,37H,6,16-22H2,1-5H3;6-10,17-19,21-24,26-27,29,31H,5,11-16H2,1-4H3;/t23-,24-,25-,29-,30-,31-,32-,34-,35-,36-;17-,18-,19-,21-,22-,23-,24-,26-,27-,28+;/m00./s1. The average Bonchev–Trinajstić information content (AvgIpc) is 1.37. The molecule has 0 unspecified atom stereocenters. The van der Waals surface area contributed by atoms with Crippen LogP contribution in [0.2, 0.25) is 0 Å². The van der Waals surface area contributed by atoms with Gasteiger partial charge in [-0.2, -0.15) is 0 Å². The van der Waals surface area contributed by atoms with Crippen molar-refractivity contribution in [1.29, 1.82) is 0 Å². The minimum absolute atomic E-state index is 0.0291. The summed E-state index contributed by atoms with van der Waals surface area (Å²) in [5.41, 5.74) is 2.86. The topological polar surface area (TPSA) is 187 Å². The molecule has 6 fully saturated rings. The van der Waals surface area contributed by atoms with E-state index in [1.807, 2.05) is 91.9 Å². The molecule has 0 aliphatic carbocycles. The van der Waals surface area contributed by atoms with Gasteiger partial charge in [0.05, 0.1) is 99.8 Å². The second-order valence-corrected chi connectivity index (χ2v) is 44.6. The molecule has 3 aromatic rings. The molecule has 0 amide bonds. The number of hydrogen-bond donors (Lipinski definition) is 3. The Morgan fingerprint density at radius 3 is 1.39 bits per heavy atom. The number of aliphatic hydroxyl groups is 3. The van der Waals surface area contributed by atoms with Crippen molar-refractivity contribution >= 4 is 132 Å². The summed E-state index contributed by atoms with van der Waals surface area (Å²) >= 11 is 9.40. The highest BCUT2D eigenvalue weighted by atomic mass is 33.5. The van der Waals surface area contributed by atoms with Gasteiger partial charge in [-0.3, -0.25) is 9.59 Å². The molecule has 3 N–H and O–H groups in total. The smallest absolute Gasteiger partial charge is 0.308 e. The van der Waals surface area contributed by atoms with Crippen molar-refractivity contribution in [3.63, 3.8) is 0 Å². The maximum Gasteiger partial charge on any atom is 0.308 e. The van der Waals surface area contributed by atoms with Crippen molar-refractivity contribution in [2.24, 2.45) is 35.5 Å². The Morgan fingerprint density at radius 1 is 0.554 bits per heavy atom. The summed E-state index contributed by atoms with van der Waals surface area (Å²) in [7, 11) is 19.7. The van der Waals surface area contributed by atoms with Gasteiger partial charge in [-0.15, -0.1) is 0 Å². The summed E-state index contributed by atoms with van der Waals surface area (Å²) in [6.07, 6.45) is 2.84. The Balaban J connectivity index is 0.000000223. The van der Waals surface area contributed by atoms with Crippen molar-refractivity contribution in [1.82, 2.24) is 0 Å². The molecule has 0 saturated carbocycles. The van der Waals surface area contributed by atoms with Gasteiger partial charge in [0.2, 0.25) is 0 Å². The molecule has 6 aliphatic heterocycles. The third-order valence-corrected chi connectivity index (χ3v) is 40.2. The summed E-state index contributed by atoms with van der Waals surface area (Å²) in [6.45, 7) is 17.8. The fourth-order valence-corrected chi connectivity index (χ4v) is 37.8. The van der Waals surface area contributed by atoms with Gasteiger partial charge in [0.1, 0.15) is 19.0 Å². The number of methoxy groups -OCH3 is 1. The van der Waals surface area contributed by atoms with Crippen LogP contribution in [0.1, 0.15) is 149 Å². The summed E-state index contributed by atoms with van der Waals surface area (Å²) in [5, 5.41) is 32.5. The molecule has 20 atom stereocenters. The van der Waals surface area contributed by atoms with Crippen LogP contribution in [0.15, 0.2) is 84.9 Å². The van der Waals surface area contributed by atoms with Gasteiger partial charge in [-0.05, 0) is 77.2 Å². The molecule has 2 spiro atoms. The minimum atomic E-state index is -0.872. The van der Waals surface area contributed by atoms with E-state index in [1.165, 1.54) is 17.8 Å². The van der Waals surface area contributed by atoms with Crippen LogP contribution in [0, 0.1) is 35.5 Å². The number of hydrogen-bond acceptors (Lipinski definition) is 17. The molecular weight excluding hydrogens is 1430 g/mol.